The van der Waals surface area contributed by atoms with Crippen molar-refractivity contribution in [2.75, 3.05) is 72.6 Å². The van der Waals surface area contributed by atoms with Crippen LogP contribution in [-0.2, 0) is 56.8 Å². The van der Waals surface area contributed by atoms with Crippen LogP contribution in [0.15, 0.2) is 0 Å². The van der Waals surface area contributed by atoms with E-state index in [1.807, 2.05) is 55.4 Å². The summed E-state index contributed by atoms with van der Waals surface area (Å²) < 4.78 is 70.3. The van der Waals surface area contributed by atoms with Gasteiger partial charge in [0.15, 0.2) is 35.7 Å². The summed E-state index contributed by atoms with van der Waals surface area (Å²) >= 11 is 0. The maximum Gasteiger partial charge on any atom is 0.163 e. The van der Waals surface area contributed by atoms with Crippen molar-refractivity contribution in [1.29, 1.82) is 0 Å². The van der Waals surface area contributed by atoms with E-state index in [1.165, 1.54) is 148 Å². The van der Waals surface area contributed by atoms with Gasteiger partial charge >= 0.3 is 0 Å². The van der Waals surface area contributed by atoms with Gasteiger partial charge in [-0.05, 0) is 241 Å². The maximum atomic E-state index is 6.43. The second kappa shape index (κ2) is 52.9. The number of nitrogens with two attached hydrogens (primary N) is 9. The molecule has 0 amide bonds. The Morgan fingerprint density at radius 2 is 0.564 bits per heavy atom. The van der Waals surface area contributed by atoms with Gasteiger partial charge in [0, 0.05) is 45.3 Å². The van der Waals surface area contributed by atoms with Crippen LogP contribution in [0.2, 0.25) is 0 Å². The van der Waals surface area contributed by atoms with Crippen molar-refractivity contribution in [2.45, 2.75) is 474 Å². The van der Waals surface area contributed by atoms with Crippen molar-refractivity contribution in [3.8, 4) is 0 Å². The van der Waals surface area contributed by atoms with Crippen molar-refractivity contribution < 1.29 is 56.8 Å². The summed E-state index contributed by atoms with van der Waals surface area (Å²) in [7, 11) is 0. The van der Waals surface area contributed by atoms with Crippen LogP contribution in [0.25, 0.3) is 0 Å². The van der Waals surface area contributed by atoms with E-state index < -0.39 is 23.1 Å². The molecule has 0 radical (unpaired) electrons. The summed E-state index contributed by atoms with van der Waals surface area (Å²) in [6, 6.07) is 0.237. The van der Waals surface area contributed by atoms with E-state index in [0.717, 1.165) is 141 Å². The van der Waals surface area contributed by atoms with Crippen LogP contribution in [0, 0.1) is 23.7 Å². The molecule has 656 valence electrons. The fraction of sp³-hybridized carbons (Fsp3) is 1.00. The molecule has 8 aliphatic rings. The van der Waals surface area contributed by atoms with Crippen LogP contribution in [-0.4, -0.2) is 166 Å². The average Bonchev–Trinajstić information content (AvgIpc) is 1.30. The number of hydrogen-bond donors (Lipinski definition) is 9. The predicted molar refractivity (Wildman–Crippen MR) is 454 cm³/mol. The molecular formula is C89H183N9O12. The number of hydrogen-bond acceptors (Lipinski definition) is 21. The lowest BCUT2D eigenvalue weighted by atomic mass is 9.83. The van der Waals surface area contributed by atoms with E-state index in [4.69, 9.17) is 108 Å². The molecule has 0 aromatic heterocycles. The minimum absolute atomic E-state index is 0.108. The Hall–Kier alpha value is -0.840. The molecule has 0 aliphatic heterocycles. The summed E-state index contributed by atoms with van der Waals surface area (Å²) in [4.78, 5) is 0. The van der Waals surface area contributed by atoms with Gasteiger partial charge in [-0.25, -0.2) is 0 Å². The van der Waals surface area contributed by atoms with Gasteiger partial charge < -0.3 is 108 Å². The fourth-order valence-corrected chi connectivity index (χ4v) is 15.8. The van der Waals surface area contributed by atoms with Gasteiger partial charge in [-0.15, -0.1) is 0 Å². The first-order chi connectivity index (χ1) is 51.7. The lowest BCUT2D eigenvalue weighted by molar-refractivity contribution is -0.266. The van der Waals surface area contributed by atoms with E-state index in [0.29, 0.717) is 82.8 Å². The Labute approximate surface area is 675 Å². The standard InChI is InChI=1S/C18H35NO2.C17H34N2O2.C16H32N2O2.C15H30N2O2.C12H27NO2.C11H25NO2/c1-4-14-5-9-16(10-6-14)20-18(2,3)21-17-11-7-15(13-19)8-12-17;1-15(2,20-13-16(18)9-5-3-6-10-16)21-14-17(19)11-7-4-8-12-17;1-14(19-12-15(17)8-4-2-5-9-15)20-13-16(18)10-6-3-7-11-16;1-13(2,18-11-14(16)7-3-4-8-14)19-12-15(17)9-5-6-10-15;1-6-10(3)8-14-12(4,5)15-9-11(13)7-2;1-5-9(3)7-13-10(4)14-8-11(12)6-2/h14-17H,4-13,19H2,1-3H3;3-14,18-19H2,1-2H3;14H,2-13,17-18H2,1H3;3-12,16-17H2,1-2H3;10-11H,6-9,13H2,1-5H3;9-11H,5-8,12H2,1-4H3. The molecular weight excluding hydrogens is 1390 g/mol. The third-order valence-electron chi connectivity index (χ3n) is 25.0. The second-order valence-corrected chi connectivity index (χ2v) is 38.2. The maximum absolute atomic E-state index is 6.43. The molecule has 18 N–H and O–H groups in total. The minimum atomic E-state index is -0.604. The highest BCUT2D eigenvalue weighted by molar-refractivity contribution is 4.94. The first-order valence-electron chi connectivity index (χ1n) is 45.3. The van der Waals surface area contributed by atoms with E-state index >= 15 is 0 Å². The fourth-order valence-electron chi connectivity index (χ4n) is 15.8. The monoisotopic (exact) mass is 1570 g/mol. The molecule has 110 heavy (non-hydrogen) atoms. The van der Waals surface area contributed by atoms with Crippen molar-refractivity contribution in [1.82, 2.24) is 0 Å². The molecule has 0 bridgehead atoms. The Kier molecular flexibility index (Phi) is 49.7. The smallest absolute Gasteiger partial charge is 0.163 e. The lowest BCUT2D eigenvalue weighted by Gasteiger charge is -2.39. The molecule has 8 rings (SSSR count). The normalized spacial score (nSPS) is 25.2. The largest absolute Gasteiger partial charge is 0.353 e. The summed E-state index contributed by atoms with van der Waals surface area (Å²) in [5.74, 6) is 0.643. The molecule has 0 saturated heterocycles. The molecule has 21 nitrogen and oxygen atoms in total. The zero-order valence-corrected chi connectivity index (χ0v) is 74.6. The molecule has 5 atom stereocenters. The highest BCUT2D eigenvalue weighted by atomic mass is 16.7. The quantitative estimate of drug-likeness (QED) is 0.0257. The first-order valence-corrected chi connectivity index (χ1v) is 45.3. The van der Waals surface area contributed by atoms with Crippen molar-refractivity contribution in [3.63, 3.8) is 0 Å². The average molecular weight is 1570 g/mol. The van der Waals surface area contributed by atoms with Crippen LogP contribution in [0.1, 0.15) is 381 Å². The van der Waals surface area contributed by atoms with Gasteiger partial charge in [-0.1, -0.05) is 170 Å². The van der Waals surface area contributed by atoms with Gasteiger partial charge in [-0.3, -0.25) is 0 Å². The van der Waals surface area contributed by atoms with Crippen LogP contribution < -0.4 is 51.6 Å². The van der Waals surface area contributed by atoms with Gasteiger partial charge in [0.25, 0.3) is 0 Å². The van der Waals surface area contributed by atoms with Crippen molar-refractivity contribution in [2.24, 2.45) is 75.3 Å². The molecule has 0 spiro atoms. The van der Waals surface area contributed by atoms with E-state index in [9.17, 15) is 0 Å². The topological polar surface area (TPSA) is 345 Å². The molecule has 0 heterocycles. The number of rotatable bonds is 40. The van der Waals surface area contributed by atoms with Crippen LogP contribution in [0.5, 0.6) is 0 Å². The lowest BCUT2D eigenvalue weighted by Crippen LogP contribution is -2.51. The first kappa shape index (κ1) is 103. The summed E-state index contributed by atoms with van der Waals surface area (Å²) in [5, 5.41) is 0. The van der Waals surface area contributed by atoms with Gasteiger partial charge in [-0.2, -0.15) is 0 Å². The summed E-state index contributed by atoms with van der Waals surface area (Å²) in [6.07, 6.45) is 48.2. The van der Waals surface area contributed by atoms with E-state index in [2.05, 4.69) is 62.3 Å². The Morgan fingerprint density at radius 1 is 0.300 bits per heavy atom. The van der Waals surface area contributed by atoms with Gasteiger partial charge in [0.2, 0.25) is 0 Å². The third-order valence-corrected chi connectivity index (χ3v) is 25.0. The minimum Gasteiger partial charge on any atom is -0.353 e. The van der Waals surface area contributed by atoms with Crippen molar-refractivity contribution >= 4 is 0 Å². The van der Waals surface area contributed by atoms with E-state index in [1.54, 1.807) is 0 Å². The molecule has 8 aliphatic carbocycles. The van der Waals surface area contributed by atoms with Crippen LogP contribution in [0.3, 0.4) is 0 Å². The second-order valence-electron chi connectivity index (χ2n) is 38.2. The summed E-state index contributed by atoms with van der Waals surface area (Å²) in [5.41, 5.74) is 54.6. The SMILES string of the molecule is CC(C)(OCC1(N)CCCC1)OCC1(N)CCCC1.CC(C)(OCC1(N)CCCCC1)OCC1(N)CCCCC1.CC(OCC1(N)CCCCC1)OCC1(N)CCCCC1.CCC(C)COC(C)(C)OCC(N)CC.CCC(C)COC(C)OCC(N)CC.CCC1CCC(OC(C)(C)OC2CCC(CN)CC2)CC1. The molecule has 21 heteroatoms. The van der Waals surface area contributed by atoms with Crippen LogP contribution in [0.4, 0.5) is 0 Å². The third kappa shape index (κ3) is 46.5. The molecule has 0 aromatic carbocycles. The zero-order valence-electron chi connectivity index (χ0n) is 74.6. The molecule has 8 fully saturated rings. The zero-order chi connectivity index (χ0) is 82.0. The van der Waals surface area contributed by atoms with E-state index in [-0.39, 0.29) is 57.9 Å². The molecule has 0 aromatic rings. The van der Waals surface area contributed by atoms with Crippen LogP contribution >= 0.6 is 0 Å². The highest BCUT2D eigenvalue weighted by Crippen LogP contribution is 2.37. The molecule has 8 saturated carbocycles. The van der Waals surface area contributed by atoms with Gasteiger partial charge in [0.05, 0.1) is 78.3 Å². The van der Waals surface area contributed by atoms with Crippen molar-refractivity contribution in [3.05, 3.63) is 0 Å². The Balaban J connectivity index is 0.000000344. The Bertz CT molecular complexity index is 2110. The highest BCUT2D eigenvalue weighted by Gasteiger charge is 2.39. The summed E-state index contributed by atoms with van der Waals surface area (Å²) in [6.45, 7) is 41.9. The predicted octanol–water partition coefficient (Wildman–Crippen LogP) is 17.0. The van der Waals surface area contributed by atoms with Gasteiger partial charge in [0.1, 0.15) is 0 Å². The molecule has 5 unspecified atom stereocenters. The number of ether oxygens (including phenoxy) is 12. The Morgan fingerprint density at radius 3 is 0.873 bits per heavy atom.